The van der Waals surface area contributed by atoms with E-state index in [1.807, 2.05) is 23.6 Å². The van der Waals surface area contributed by atoms with Crippen molar-refractivity contribution < 1.29 is 14.7 Å². The Balaban J connectivity index is 2.50. The molecule has 1 aliphatic rings. The number of carbonyl (C=O) groups excluding carboxylic acids is 1. The molecule has 0 unspecified atom stereocenters. The molecule has 1 aliphatic heterocycles. The lowest BCUT2D eigenvalue weighted by Gasteiger charge is -2.36. The van der Waals surface area contributed by atoms with Gasteiger partial charge in [0.1, 0.15) is 0 Å². The summed E-state index contributed by atoms with van der Waals surface area (Å²) in [5.41, 5.74) is 0. The number of piperidine rings is 1. The average molecular weight is 256 g/mol. The second-order valence-electron chi connectivity index (χ2n) is 5.40. The van der Waals surface area contributed by atoms with Crippen LogP contribution in [0.1, 0.15) is 33.6 Å². The molecule has 0 saturated carbocycles. The van der Waals surface area contributed by atoms with Crippen molar-refractivity contribution in [1.82, 2.24) is 9.80 Å². The van der Waals surface area contributed by atoms with E-state index in [4.69, 9.17) is 5.11 Å². The number of rotatable bonds is 5. The summed E-state index contributed by atoms with van der Waals surface area (Å²) in [4.78, 5) is 26.1. The smallest absolute Gasteiger partial charge is 0.317 e. The van der Waals surface area contributed by atoms with Gasteiger partial charge in [0, 0.05) is 26.1 Å². The van der Waals surface area contributed by atoms with Crippen LogP contribution in [0.2, 0.25) is 0 Å². The Morgan fingerprint density at radius 1 is 1.44 bits per heavy atom. The van der Waals surface area contributed by atoms with Crippen LogP contribution in [-0.2, 0) is 9.59 Å². The van der Waals surface area contributed by atoms with Crippen LogP contribution in [-0.4, -0.2) is 59.0 Å². The second kappa shape index (κ2) is 6.73. The summed E-state index contributed by atoms with van der Waals surface area (Å²) in [6.07, 6.45) is 2.09. The third-order valence-electron chi connectivity index (χ3n) is 3.44. The fourth-order valence-corrected chi connectivity index (χ4v) is 2.62. The van der Waals surface area contributed by atoms with Crippen molar-refractivity contribution in [1.29, 1.82) is 0 Å². The topological polar surface area (TPSA) is 60.9 Å². The molecule has 104 valence electrons. The first-order valence-electron chi connectivity index (χ1n) is 6.61. The van der Waals surface area contributed by atoms with E-state index in [0.717, 1.165) is 32.5 Å². The molecule has 0 aliphatic carbocycles. The normalized spacial score (nSPS) is 21.0. The molecule has 1 amide bonds. The first kappa shape index (κ1) is 15.0. The Morgan fingerprint density at radius 3 is 2.61 bits per heavy atom. The van der Waals surface area contributed by atoms with E-state index in [-0.39, 0.29) is 18.5 Å². The fraction of sp³-hybridized carbons (Fsp3) is 0.846. The number of carboxylic acids is 1. The molecule has 0 aromatic heterocycles. The second-order valence-corrected chi connectivity index (χ2v) is 5.40. The Hall–Kier alpha value is -1.10. The molecule has 5 heteroatoms. The van der Waals surface area contributed by atoms with E-state index < -0.39 is 5.97 Å². The molecule has 1 N–H and O–H groups in total. The van der Waals surface area contributed by atoms with Gasteiger partial charge in [0.25, 0.3) is 0 Å². The maximum absolute atomic E-state index is 11.5. The van der Waals surface area contributed by atoms with E-state index in [1.54, 1.807) is 6.92 Å². The van der Waals surface area contributed by atoms with E-state index >= 15 is 0 Å². The molecule has 1 saturated heterocycles. The maximum atomic E-state index is 11.5. The first-order chi connectivity index (χ1) is 8.40. The zero-order valence-electron chi connectivity index (χ0n) is 11.6. The van der Waals surface area contributed by atoms with Crippen LogP contribution in [0, 0.1) is 5.92 Å². The van der Waals surface area contributed by atoms with Gasteiger partial charge in [-0.25, -0.2) is 0 Å². The number of nitrogens with zero attached hydrogens (tertiary/aromatic N) is 2. The number of hydrogen-bond donors (Lipinski definition) is 1. The third kappa shape index (κ3) is 4.64. The lowest BCUT2D eigenvalue weighted by atomic mass is 9.97. The van der Waals surface area contributed by atoms with Gasteiger partial charge in [0.2, 0.25) is 5.91 Å². The zero-order valence-corrected chi connectivity index (χ0v) is 11.6. The number of aliphatic carboxylic acids is 1. The number of carboxylic acid groups (broad SMARTS) is 1. The van der Waals surface area contributed by atoms with Crippen molar-refractivity contribution in [2.75, 3.05) is 26.2 Å². The van der Waals surface area contributed by atoms with Crippen molar-refractivity contribution in [3.8, 4) is 0 Å². The van der Waals surface area contributed by atoms with Gasteiger partial charge in [-0.05, 0) is 39.2 Å². The molecule has 5 nitrogen and oxygen atoms in total. The first-order valence-corrected chi connectivity index (χ1v) is 6.61. The molecular formula is C13H24N2O3. The van der Waals surface area contributed by atoms with Gasteiger partial charge in [-0.1, -0.05) is 0 Å². The highest BCUT2D eigenvalue weighted by atomic mass is 16.4. The zero-order chi connectivity index (χ0) is 13.7. The molecule has 0 aromatic rings. The molecular weight excluding hydrogens is 232 g/mol. The van der Waals surface area contributed by atoms with Crippen molar-refractivity contribution in [2.45, 2.75) is 39.7 Å². The Labute approximate surface area is 109 Å². The Kier molecular flexibility index (Phi) is 5.59. The standard InChI is InChI=1S/C13H24N2O3/c1-10(2)15(11(3)16)8-12-5-4-6-14(7-12)9-13(17)18/h10,12H,4-9H2,1-3H3,(H,17,18)/t12-/m1/s1. The molecule has 1 fully saturated rings. The minimum atomic E-state index is -0.775. The van der Waals surface area contributed by atoms with Gasteiger partial charge in [0.15, 0.2) is 0 Å². The van der Waals surface area contributed by atoms with E-state index in [1.165, 1.54) is 0 Å². The highest BCUT2D eigenvalue weighted by Gasteiger charge is 2.25. The summed E-state index contributed by atoms with van der Waals surface area (Å²) < 4.78 is 0. The molecule has 0 spiro atoms. The highest BCUT2D eigenvalue weighted by Crippen LogP contribution is 2.18. The predicted molar refractivity (Wildman–Crippen MR) is 69.3 cm³/mol. The summed E-state index contributed by atoms with van der Waals surface area (Å²) in [6, 6.07) is 0.206. The number of amides is 1. The van der Waals surface area contributed by atoms with Gasteiger partial charge in [-0.3, -0.25) is 14.5 Å². The van der Waals surface area contributed by atoms with Crippen LogP contribution in [0.5, 0.6) is 0 Å². The minimum Gasteiger partial charge on any atom is -0.480 e. The lowest BCUT2D eigenvalue weighted by molar-refractivity contribution is -0.139. The summed E-state index contributed by atoms with van der Waals surface area (Å²) in [6.45, 7) is 8.10. The number of carbonyl (C=O) groups is 2. The van der Waals surface area contributed by atoms with Crippen LogP contribution in [0.4, 0.5) is 0 Å². The molecule has 0 bridgehead atoms. The summed E-state index contributed by atoms with van der Waals surface area (Å²) in [7, 11) is 0. The molecule has 1 rings (SSSR count). The fourth-order valence-electron chi connectivity index (χ4n) is 2.62. The Morgan fingerprint density at radius 2 is 2.11 bits per heavy atom. The summed E-state index contributed by atoms with van der Waals surface area (Å²) in [5.74, 6) is -0.285. The van der Waals surface area contributed by atoms with Crippen molar-refractivity contribution in [2.24, 2.45) is 5.92 Å². The molecule has 0 aromatic carbocycles. The van der Waals surface area contributed by atoms with Gasteiger partial charge < -0.3 is 10.0 Å². The number of hydrogen-bond acceptors (Lipinski definition) is 3. The van der Waals surface area contributed by atoms with E-state index in [2.05, 4.69) is 0 Å². The van der Waals surface area contributed by atoms with Gasteiger partial charge in [-0.2, -0.15) is 0 Å². The van der Waals surface area contributed by atoms with E-state index in [9.17, 15) is 9.59 Å². The quantitative estimate of drug-likeness (QED) is 0.798. The largest absolute Gasteiger partial charge is 0.480 e. The monoisotopic (exact) mass is 256 g/mol. The van der Waals surface area contributed by atoms with Crippen LogP contribution in [0.25, 0.3) is 0 Å². The number of likely N-dealkylation sites (tertiary alicyclic amines) is 1. The molecule has 1 heterocycles. The summed E-state index contributed by atoms with van der Waals surface area (Å²) in [5, 5.41) is 8.80. The highest BCUT2D eigenvalue weighted by molar-refractivity contribution is 5.73. The average Bonchev–Trinajstić information content (AvgIpc) is 2.24. The van der Waals surface area contributed by atoms with E-state index in [0.29, 0.717) is 5.92 Å². The molecule has 0 radical (unpaired) electrons. The van der Waals surface area contributed by atoms with Crippen molar-refractivity contribution in [3.63, 3.8) is 0 Å². The van der Waals surface area contributed by atoms with Gasteiger partial charge in [0.05, 0.1) is 6.54 Å². The van der Waals surface area contributed by atoms with Crippen LogP contribution >= 0.6 is 0 Å². The molecule has 18 heavy (non-hydrogen) atoms. The van der Waals surface area contributed by atoms with Crippen LogP contribution in [0.3, 0.4) is 0 Å². The van der Waals surface area contributed by atoms with Crippen LogP contribution < -0.4 is 0 Å². The lowest BCUT2D eigenvalue weighted by Crippen LogP contribution is -2.45. The van der Waals surface area contributed by atoms with Crippen molar-refractivity contribution in [3.05, 3.63) is 0 Å². The third-order valence-corrected chi connectivity index (χ3v) is 3.44. The maximum Gasteiger partial charge on any atom is 0.317 e. The SMILES string of the molecule is CC(=O)N(C[C@@H]1CCCN(CC(=O)O)C1)C(C)C. The van der Waals surface area contributed by atoms with Gasteiger partial charge >= 0.3 is 5.97 Å². The van der Waals surface area contributed by atoms with Crippen LogP contribution in [0.15, 0.2) is 0 Å². The van der Waals surface area contributed by atoms with Gasteiger partial charge in [-0.15, -0.1) is 0 Å². The summed E-state index contributed by atoms with van der Waals surface area (Å²) >= 11 is 0. The molecule has 1 atom stereocenters. The predicted octanol–water partition coefficient (Wildman–Crippen LogP) is 1.04. The Bertz CT molecular complexity index is 305. The minimum absolute atomic E-state index is 0.0976. The van der Waals surface area contributed by atoms with Crippen molar-refractivity contribution >= 4 is 11.9 Å².